The van der Waals surface area contributed by atoms with Crippen LogP contribution in [0.3, 0.4) is 0 Å². The maximum absolute atomic E-state index is 13.9. The van der Waals surface area contributed by atoms with Gasteiger partial charge < -0.3 is 5.73 Å². The van der Waals surface area contributed by atoms with E-state index in [0.29, 0.717) is 0 Å². The molecule has 0 aliphatic heterocycles. The molecule has 2 aromatic rings. The Morgan fingerprint density at radius 1 is 1.47 bits per heavy atom. The SMILES string of the molecule is CS(=O)(=O)c1ccc(-n2ncc(C#N)c2N)c(F)c1. The zero-order valence-electron chi connectivity index (χ0n) is 9.83. The topological polar surface area (TPSA) is 102 Å². The Balaban J connectivity index is 2.59. The Kier molecular flexibility index (Phi) is 3.00. The van der Waals surface area contributed by atoms with E-state index in [2.05, 4.69) is 5.10 Å². The first-order chi connectivity index (χ1) is 8.84. The molecule has 0 saturated carbocycles. The van der Waals surface area contributed by atoms with Crippen molar-refractivity contribution in [2.75, 3.05) is 12.0 Å². The highest BCUT2D eigenvalue weighted by Gasteiger charge is 2.15. The minimum absolute atomic E-state index is 0.00601. The maximum Gasteiger partial charge on any atom is 0.175 e. The molecule has 0 atom stereocenters. The van der Waals surface area contributed by atoms with Crippen molar-refractivity contribution in [2.45, 2.75) is 4.90 Å². The molecule has 1 aromatic heterocycles. The maximum atomic E-state index is 13.9. The molecule has 1 aromatic carbocycles. The number of hydrogen-bond acceptors (Lipinski definition) is 5. The molecule has 1 heterocycles. The molecule has 0 bridgehead atoms. The summed E-state index contributed by atoms with van der Waals surface area (Å²) in [5, 5.41) is 12.5. The van der Waals surface area contributed by atoms with E-state index in [1.807, 2.05) is 6.07 Å². The lowest BCUT2D eigenvalue weighted by Crippen LogP contribution is -2.06. The largest absolute Gasteiger partial charge is 0.382 e. The number of nitrogens with zero attached hydrogens (tertiary/aromatic N) is 3. The van der Waals surface area contributed by atoms with Gasteiger partial charge in [0.05, 0.1) is 11.1 Å². The number of halogens is 1. The Bertz CT molecular complexity index is 790. The first kappa shape index (κ1) is 13.0. The number of nitrogen functional groups attached to an aromatic ring is 1. The fourth-order valence-electron chi connectivity index (χ4n) is 1.53. The van der Waals surface area contributed by atoms with Crippen molar-refractivity contribution >= 4 is 15.7 Å². The van der Waals surface area contributed by atoms with E-state index in [-0.39, 0.29) is 22.0 Å². The summed E-state index contributed by atoms with van der Waals surface area (Å²) in [5.41, 5.74) is 5.73. The number of anilines is 1. The highest BCUT2D eigenvalue weighted by molar-refractivity contribution is 7.90. The number of nitriles is 1. The molecule has 0 aliphatic rings. The average molecular weight is 280 g/mol. The van der Waals surface area contributed by atoms with Gasteiger partial charge in [-0.05, 0) is 18.2 Å². The summed E-state index contributed by atoms with van der Waals surface area (Å²) in [7, 11) is -3.49. The van der Waals surface area contributed by atoms with Crippen LogP contribution < -0.4 is 5.73 Å². The van der Waals surface area contributed by atoms with E-state index in [1.54, 1.807) is 0 Å². The van der Waals surface area contributed by atoms with Crippen molar-refractivity contribution in [3.05, 3.63) is 35.8 Å². The summed E-state index contributed by atoms with van der Waals surface area (Å²) in [5.74, 6) is -0.796. The normalized spacial score (nSPS) is 11.2. The fourth-order valence-corrected chi connectivity index (χ4v) is 2.16. The minimum Gasteiger partial charge on any atom is -0.382 e. The van der Waals surface area contributed by atoms with Crippen molar-refractivity contribution < 1.29 is 12.8 Å². The van der Waals surface area contributed by atoms with Gasteiger partial charge in [0.25, 0.3) is 0 Å². The van der Waals surface area contributed by atoms with Gasteiger partial charge >= 0.3 is 0 Å². The van der Waals surface area contributed by atoms with Gasteiger partial charge in [-0.2, -0.15) is 10.4 Å². The number of aromatic nitrogens is 2. The van der Waals surface area contributed by atoms with Gasteiger partial charge in [0, 0.05) is 6.26 Å². The standard InChI is InChI=1S/C11H9FN4O2S/c1-19(17,18)8-2-3-10(9(12)4-8)16-11(14)7(5-13)6-15-16/h2-4,6H,14H2,1H3. The Hall–Kier alpha value is -2.40. The second kappa shape index (κ2) is 4.37. The predicted molar refractivity (Wildman–Crippen MR) is 65.8 cm³/mol. The van der Waals surface area contributed by atoms with E-state index < -0.39 is 15.7 Å². The highest BCUT2D eigenvalue weighted by Crippen LogP contribution is 2.21. The first-order valence-corrected chi connectivity index (χ1v) is 6.97. The lowest BCUT2D eigenvalue weighted by molar-refractivity contribution is 0.591. The quantitative estimate of drug-likeness (QED) is 0.879. The number of sulfone groups is 1. The monoisotopic (exact) mass is 280 g/mol. The van der Waals surface area contributed by atoms with Gasteiger partial charge in [0.1, 0.15) is 29.0 Å². The molecule has 0 aliphatic carbocycles. The number of hydrogen-bond donors (Lipinski definition) is 1. The fraction of sp³-hybridized carbons (Fsp3) is 0.0909. The van der Waals surface area contributed by atoms with Crippen molar-refractivity contribution in [2.24, 2.45) is 0 Å². The van der Waals surface area contributed by atoms with Crippen LogP contribution in [0.4, 0.5) is 10.2 Å². The van der Waals surface area contributed by atoms with Crippen molar-refractivity contribution in [3.63, 3.8) is 0 Å². The summed E-state index contributed by atoms with van der Waals surface area (Å²) in [6, 6.07) is 5.20. The summed E-state index contributed by atoms with van der Waals surface area (Å²) >= 11 is 0. The lowest BCUT2D eigenvalue weighted by atomic mass is 10.3. The molecule has 0 spiro atoms. The zero-order chi connectivity index (χ0) is 14.2. The van der Waals surface area contributed by atoms with Crippen LogP contribution in [0, 0.1) is 17.1 Å². The Labute approximate surface area is 108 Å². The number of nitrogens with two attached hydrogens (primary N) is 1. The molecule has 0 unspecified atom stereocenters. The second-order valence-corrected chi connectivity index (χ2v) is 5.87. The highest BCUT2D eigenvalue weighted by atomic mass is 32.2. The van der Waals surface area contributed by atoms with Crippen LogP contribution in [0.1, 0.15) is 5.56 Å². The third kappa shape index (κ3) is 2.28. The molecule has 2 N–H and O–H groups in total. The summed E-state index contributed by atoms with van der Waals surface area (Å²) in [6.45, 7) is 0. The van der Waals surface area contributed by atoms with Crippen LogP contribution in [0.2, 0.25) is 0 Å². The molecule has 0 radical (unpaired) electrons. The summed E-state index contributed by atoms with van der Waals surface area (Å²) in [4.78, 5) is -0.139. The summed E-state index contributed by atoms with van der Waals surface area (Å²) in [6.07, 6.45) is 2.19. The lowest BCUT2D eigenvalue weighted by Gasteiger charge is -2.07. The smallest absolute Gasteiger partial charge is 0.175 e. The molecule has 19 heavy (non-hydrogen) atoms. The van der Waals surface area contributed by atoms with Crippen LogP contribution >= 0.6 is 0 Å². The molecular weight excluding hydrogens is 271 g/mol. The average Bonchev–Trinajstić information content (AvgIpc) is 2.69. The van der Waals surface area contributed by atoms with Crippen molar-refractivity contribution in [1.82, 2.24) is 9.78 Å². The minimum atomic E-state index is -3.49. The Morgan fingerprint density at radius 3 is 2.63 bits per heavy atom. The molecule has 0 amide bonds. The van der Waals surface area contributed by atoms with Crippen molar-refractivity contribution in [3.8, 4) is 11.8 Å². The zero-order valence-corrected chi connectivity index (χ0v) is 10.6. The van der Waals surface area contributed by atoms with Gasteiger partial charge in [0.2, 0.25) is 0 Å². The van der Waals surface area contributed by atoms with Crippen molar-refractivity contribution in [1.29, 1.82) is 5.26 Å². The molecule has 0 saturated heterocycles. The van der Waals surface area contributed by atoms with E-state index in [9.17, 15) is 12.8 Å². The van der Waals surface area contributed by atoms with E-state index >= 15 is 0 Å². The van der Waals surface area contributed by atoms with Gasteiger partial charge in [-0.25, -0.2) is 17.5 Å². The first-order valence-electron chi connectivity index (χ1n) is 5.08. The second-order valence-electron chi connectivity index (χ2n) is 3.85. The molecule has 2 rings (SSSR count). The van der Waals surface area contributed by atoms with Crippen LogP contribution in [-0.4, -0.2) is 24.5 Å². The van der Waals surface area contributed by atoms with Crippen LogP contribution in [0.5, 0.6) is 0 Å². The third-order valence-electron chi connectivity index (χ3n) is 2.50. The van der Waals surface area contributed by atoms with Crippen LogP contribution in [0.15, 0.2) is 29.3 Å². The van der Waals surface area contributed by atoms with Gasteiger partial charge in [-0.1, -0.05) is 0 Å². The van der Waals surface area contributed by atoms with Crippen LogP contribution in [0.25, 0.3) is 5.69 Å². The Morgan fingerprint density at radius 2 is 2.16 bits per heavy atom. The number of rotatable bonds is 2. The van der Waals surface area contributed by atoms with Gasteiger partial charge in [0.15, 0.2) is 9.84 Å². The predicted octanol–water partition coefficient (Wildman–Crippen LogP) is 0.869. The van der Waals surface area contributed by atoms with E-state index in [1.165, 1.54) is 18.3 Å². The van der Waals surface area contributed by atoms with Gasteiger partial charge in [-0.3, -0.25) is 0 Å². The molecule has 98 valence electrons. The molecule has 6 nitrogen and oxygen atoms in total. The molecule has 8 heteroatoms. The van der Waals surface area contributed by atoms with E-state index in [4.69, 9.17) is 11.0 Å². The molecular formula is C11H9FN4O2S. The van der Waals surface area contributed by atoms with E-state index in [0.717, 1.165) is 17.0 Å². The van der Waals surface area contributed by atoms with Gasteiger partial charge in [-0.15, -0.1) is 0 Å². The van der Waals surface area contributed by atoms with Crippen LogP contribution in [-0.2, 0) is 9.84 Å². The number of benzene rings is 1. The third-order valence-corrected chi connectivity index (χ3v) is 3.61. The molecule has 0 fully saturated rings. The summed E-state index contributed by atoms with van der Waals surface area (Å²) < 4.78 is 37.5.